The minimum atomic E-state index is -4.47. The summed E-state index contributed by atoms with van der Waals surface area (Å²) in [6.07, 6.45) is 0.198. The van der Waals surface area contributed by atoms with Crippen LogP contribution in [0.4, 0.5) is 13.2 Å². The number of hydrogen-bond donors (Lipinski definition) is 0. The molecule has 5 rings (SSSR count). The molecule has 128 valence electrons. The molecule has 6 nitrogen and oxygen atoms in total. The standard InChI is InChI=1S/C15H11F3N6S/c1-23-10(15(16,17)18)5-8(21-23)12-20-13-11-7-3-2-4-9(7)25-14(11)19-6-24(13)22-12/h5-6H,2-4H2,1H3. The third kappa shape index (κ3) is 2.10. The molecule has 25 heavy (non-hydrogen) atoms. The minimum Gasteiger partial charge on any atom is -0.263 e. The highest BCUT2D eigenvalue weighted by molar-refractivity contribution is 7.19. The zero-order chi connectivity index (χ0) is 17.3. The van der Waals surface area contributed by atoms with Crippen LogP contribution in [-0.2, 0) is 26.1 Å². The van der Waals surface area contributed by atoms with Crippen molar-refractivity contribution in [3.63, 3.8) is 0 Å². The van der Waals surface area contributed by atoms with Crippen LogP contribution in [0.25, 0.3) is 27.4 Å². The van der Waals surface area contributed by atoms with Gasteiger partial charge in [0.2, 0.25) is 5.82 Å². The second kappa shape index (κ2) is 4.78. The van der Waals surface area contributed by atoms with E-state index in [1.807, 2.05) is 0 Å². The van der Waals surface area contributed by atoms with Gasteiger partial charge in [-0.2, -0.15) is 18.3 Å². The van der Waals surface area contributed by atoms with Crippen molar-refractivity contribution in [2.75, 3.05) is 0 Å². The van der Waals surface area contributed by atoms with Gasteiger partial charge in [0.15, 0.2) is 5.65 Å². The van der Waals surface area contributed by atoms with Gasteiger partial charge in [0.25, 0.3) is 0 Å². The van der Waals surface area contributed by atoms with Crippen molar-refractivity contribution in [2.24, 2.45) is 7.05 Å². The Hall–Kier alpha value is -2.49. The van der Waals surface area contributed by atoms with E-state index in [0.29, 0.717) is 5.65 Å². The highest BCUT2D eigenvalue weighted by atomic mass is 32.1. The topological polar surface area (TPSA) is 60.9 Å². The SMILES string of the molecule is Cn1nc(-c2nc3c4c5c(sc4ncn3n2)CCC5)cc1C(F)(F)F. The van der Waals surface area contributed by atoms with Gasteiger partial charge in [-0.25, -0.2) is 14.5 Å². The number of nitrogens with zero attached hydrogens (tertiary/aromatic N) is 6. The molecule has 0 bridgehead atoms. The Labute approximate surface area is 142 Å². The van der Waals surface area contributed by atoms with Crippen molar-refractivity contribution < 1.29 is 13.2 Å². The number of aryl methyl sites for hydroxylation is 3. The van der Waals surface area contributed by atoms with E-state index in [0.717, 1.165) is 40.2 Å². The molecule has 0 aromatic carbocycles. The third-order valence-electron chi connectivity index (χ3n) is 4.44. The molecule has 4 aromatic heterocycles. The van der Waals surface area contributed by atoms with Crippen LogP contribution in [0.2, 0.25) is 0 Å². The molecule has 0 saturated carbocycles. The molecule has 0 fully saturated rings. The zero-order valence-electron chi connectivity index (χ0n) is 13.0. The van der Waals surface area contributed by atoms with Crippen LogP contribution in [0.5, 0.6) is 0 Å². The molecule has 0 unspecified atom stereocenters. The number of halogens is 3. The Morgan fingerprint density at radius 1 is 1.20 bits per heavy atom. The number of rotatable bonds is 1. The summed E-state index contributed by atoms with van der Waals surface area (Å²) in [6, 6.07) is 0.970. The molecule has 0 N–H and O–H groups in total. The van der Waals surface area contributed by atoms with Crippen molar-refractivity contribution in [3.8, 4) is 11.5 Å². The lowest BCUT2D eigenvalue weighted by Crippen LogP contribution is -2.11. The monoisotopic (exact) mass is 364 g/mol. The van der Waals surface area contributed by atoms with Crippen molar-refractivity contribution in [1.29, 1.82) is 0 Å². The molecule has 4 heterocycles. The number of aromatic nitrogens is 6. The Morgan fingerprint density at radius 3 is 2.80 bits per heavy atom. The second-order valence-corrected chi connectivity index (χ2v) is 7.11. The smallest absolute Gasteiger partial charge is 0.263 e. The van der Waals surface area contributed by atoms with Gasteiger partial charge in [-0.3, -0.25) is 4.68 Å². The predicted molar refractivity (Wildman–Crippen MR) is 85.4 cm³/mol. The maximum absolute atomic E-state index is 13.0. The van der Waals surface area contributed by atoms with E-state index in [9.17, 15) is 13.2 Å². The predicted octanol–water partition coefficient (Wildman–Crippen LogP) is 3.25. The van der Waals surface area contributed by atoms with Crippen molar-refractivity contribution >= 4 is 27.2 Å². The van der Waals surface area contributed by atoms with Crippen molar-refractivity contribution in [3.05, 3.63) is 28.5 Å². The van der Waals surface area contributed by atoms with E-state index in [4.69, 9.17) is 0 Å². The van der Waals surface area contributed by atoms with Gasteiger partial charge in [-0.05, 0) is 30.9 Å². The quantitative estimate of drug-likeness (QED) is 0.520. The van der Waals surface area contributed by atoms with Crippen LogP contribution in [0.15, 0.2) is 12.4 Å². The van der Waals surface area contributed by atoms with E-state index < -0.39 is 11.9 Å². The lowest BCUT2D eigenvalue weighted by atomic mass is 10.2. The Bertz CT molecular complexity index is 1140. The Morgan fingerprint density at radius 2 is 2.04 bits per heavy atom. The molecule has 0 aliphatic heterocycles. The van der Waals surface area contributed by atoms with Crippen LogP contribution in [0, 0.1) is 0 Å². The van der Waals surface area contributed by atoms with Gasteiger partial charge in [-0.1, -0.05) is 0 Å². The molecule has 4 aromatic rings. The molecule has 0 saturated heterocycles. The molecule has 0 radical (unpaired) electrons. The normalized spacial score (nSPS) is 14.7. The lowest BCUT2D eigenvalue weighted by Gasteiger charge is -2.04. The van der Waals surface area contributed by atoms with E-state index in [1.165, 1.54) is 22.0 Å². The highest BCUT2D eigenvalue weighted by Crippen LogP contribution is 2.38. The average molecular weight is 364 g/mol. The van der Waals surface area contributed by atoms with Gasteiger partial charge in [0, 0.05) is 11.9 Å². The van der Waals surface area contributed by atoms with Crippen molar-refractivity contribution in [2.45, 2.75) is 25.4 Å². The van der Waals surface area contributed by atoms with Crippen LogP contribution in [0.3, 0.4) is 0 Å². The van der Waals surface area contributed by atoms with E-state index in [1.54, 1.807) is 17.7 Å². The summed E-state index contributed by atoms with van der Waals surface area (Å²) in [6.45, 7) is 0. The first-order valence-electron chi connectivity index (χ1n) is 7.69. The number of thiophene rings is 1. The van der Waals surface area contributed by atoms with Crippen LogP contribution in [-0.4, -0.2) is 29.4 Å². The average Bonchev–Trinajstić information content (AvgIpc) is 3.25. The molecular formula is C15H11F3N6S. The van der Waals surface area contributed by atoms with Crippen LogP contribution < -0.4 is 0 Å². The van der Waals surface area contributed by atoms with Gasteiger partial charge in [0.05, 0.1) is 5.39 Å². The van der Waals surface area contributed by atoms with Crippen LogP contribution >= 0.6 is 11.3 Å². The lowest BCUT2D eigenvalue weighted by molar-refractivity contribution is -0.143. The first-order valence-corrected chi connectivity index (χ1v) is 8.51. The Balaban J connectivity index is 1.72. The molecule has 1 aliphatic carbocycles. The van der Waals surface area contributed by atoms with Gasteiger partial charge >= 0.3 is 6.18 Å². The van der Waals surface area contributed by atoms with E-state index >= 15 is 0 Å². The van der Waals surface area contributed by atoms with Gasteiger partial charge in [-0.15, -0.1) is 16.4 Å². The fourth-order valence-electron chi connectivity index (χ4n) is 3.34. The van der Waals surface area contributed by atoms with E-state index in [-0.39, 0.29) is 11.5 Å². The van der Waals surface area contributed by atoms with Gasteiger partial charge in [0.1, 0.15) is 22.5 Å². The largest absolute Gasteiger partial charge is 0.433 e. The van der Waals surface area contributed by atoms with Crippen LogP contribution in [0.1, 0.15) is 22.6 Å². The summed E-state index contributed by atoms with van der Waals surface area (Å²) in [5, 5.41) is 9.17. The first kappa shape index (κ1) is 14.8. The fraction of sp³-hybridized carbons (Fsp3) is 0.333. The van der Waals surface area contributed by atoms with Gasteiger partial charge < -0.3 is 0 Å². The minimum absolute atomic E-state index is 0.0959. The number of fused-ring (bicyclic) bond motifs is 5. The molecule has 0 spiro atoms. The number of hydrogen-bond acceptors (Lipinski definition) is 5. The third-order valence-corrected chi connectivity index (χ3v) is 5.64. The summed E-state index contributed by atoms with van der Waals surface area (Å²) in [5.41, 5.74) is 1.13. The first-order chi connectivity index (χ1) is 11.9. The molecule has 10 heteroatoms. The summed E-state index contributed by atoms with van der Waals surface area (Å²) in [4.78, 5) is 11.1. The second-order valence-electron chi connectivity index (χ2n) is 6.02. The molecule has 0 atom stereocenters. The maximum Gasteiger partial charge on any atom is 0.433 e. The number of alkyl halides is 3. The summed E-state index contributed by atoms with van der Waals surface area (Å²) in [7, 11) is 1.26. The molecular weight excluding hydrogens is 353 g/mol. The summed E-state index contributed by atoms with van der Waals surface area (Å²) in [5.74, 6) is 0.165. The summed E-state index contributed by atoms with van der Waals surface area (Å²) < 4.78 is 41.3. The van der Waals surface area contributed by atoms with Crippen molar-refractivity contribution in [1.82, 2.24) is 29.4 Å². The van der Waals surface area contributed by atoms with E-state index in [2.05, 4.69) is 20.2 Å². The Kier molecular flexibility index (Phi) is 2.83. The zero-order valence-corrected chi connectivity index (χ0v) is 13.8. The molecule has 0 amide bonds. The fourth-order valence-corrected chi connectivity index (χ4v) is 4.57. The highest BCUT2D eigenvalue weighted by Gasteiger charge is 2.35. The summed E-state index contributed by atoms with van der Waals surface area (Å²) >= 11 is 1.66. The maximum atomic E-state index is 13.0. The molecule has 1 aliphatic rings.